The molecule has 1 aliphatic heterocycles. The zero-order chi connectivity index (χ0) is 12.6. The molecular weight excluding hydrogens is 226 g/mol. The summed E-state index contributed by atoms with van der Waals surface area (Å²) < 4.78 is 5.27. The summed E-state index contributed by atoms with van der Waals surface area (Å²) in [6, 6.07) is 7.83. The maximum atomic E-state index is 5.27. The van der Waals surface area contributed by atoms with Crippen LogP contribution in [0.15, 0.2) is 29.4 Å². The first-order valence-electron chi connectivity index (χ1n) is 6.42. The summed E-state index contributed by atoms with van der Waals surface area (Å²) in [6.45, 7) is 1.03. The number of hydrogen-bond acceptors (Lipinski definition) is 3. The highest BCUT2D eigenvalue weighted by molar-refractivity contribution is 5.85. The summed E-state index contributed by atoms with van der Waals surface area (Å²) in [5.41, 5.74) is 4.05. The van der Waals surface area contributed by atoms with Gasteiger partial charge >= 0.3 is 0 Å². The Morgan fingerprint density at radius 3 is 3.06 bits per heavy atom. The van der Waals surface area contributed by atoms with Crippen molar-refractivity contribution in [2.24, 2.45) is 5.10 Å². The van der Waals surface area contributed by atoms with Gasteiger partial charge in [0.15, 0.2) is 0 Å². The Labute approximate surface area is 108 Å². The molecule has 0 amide bonds. The topological polar surface area (TPSA) is 47.6 Å². The van der Waals surface area contributed by atoms with E-state index in [0.29, 0.717) is 0 Å². The molecule has 0 aromatic heterocycles. The van der Waals surface area contributed by atoms with Crippen LogP contribution >= 0.6 is 0 Å². The molecule has 0 bridgehead atoms. The van der Waals surface area contributed by atoms with Gasteiger partial charge < -0.3 is 4.74 Å². The summed E-state index contributed by atoms with van der Waals surface area (Å²) in [6.07, 6.45) is 6.58. The molecule has 4 heteroatoms. The zero-order valence-corrected chi connectivity index (χ0v) is 10.8. The maximum Gasteiger partial charge on any atom is 0.267 e. The van der Waals surface area contributed by atoms with E-state index >= 15 is 0 Å². The van der Waals surface area contributed by atoms with Gasteiger partial charge in [-0.3, -0.25) is 4.99 Å². The Morgan fingerprint density at radius 2 is 2.17 bits per heavy atom. The first-order chi connectivity index (χ1) is 8.90. The third-order valence-corrected chi connectivity index (χ3v) is 2.98. The van der Waals surface area contributed by atoms with Gasteiger partial charge in [0.05, 0.1) is 26.3 Å². The average Bonchev–Trinajstić information content (AvgIpc) is 2.68. The van der Waals surface area contributed by atoms with Gasteiger partial charge in [-0.1, -0.05) is 17.2 Å². The van der Waals surface area contributed by atoms with Gasteiger partial charge in [-0.15, -0.1) is 0 Å². The molecule has 0 fully saturated rings. The predicted octanol–water partition coefficient (Wildman–Crippen LogP) is 0.672. The minimum atomic E-state index is 0.835. The Hall–Kier alpha value is -1.84. The van der Waals surface area contributed by atoms with Crippen molar-refractivity contribution in [3.05, 3.63) is 29.8 Å². The third-order valence-electron chi connectivity index (χ3n) is 2.98. The summed E-state index contributed by atoms with van der Waals surface area (Å²) in [5, 5.41) is 4.26. The molecule has 1 aromatic rings. The van der Waals surface area contributed by atoms with Gasteiger partial charge in [0.25, 0.3) is 5.84 Å². The normalized spacial score (nSPS) is 16.2. The molecule has 96 valence electrons. The number of hydrazone groups is 1. The minimum absolute atomic E-state index is 0.835. The highest BCUT2D eigenvalue weighted by Crippen LogP contribution is 2.14. The number of benzene rings is 1. The molecule has 1 heterocycles. The number of para-hydroxylation sites is 1. The third kappa shape index (κ3) is 3.58. The Bertz CT molecular complexity index is 440. The molecule has 4 nitrogen and oxygen atoms in total. The molecule has 18 heavy (non-hydrogen) atoms. The van der Waals surface area contributed by atoms with Crippen LogP contribution in [-0.4, -0.2) is 25.7 Å². The van der Waals surface area contributed by atoms with Gasteiger partial charge in [-0.25, -0.2) is 0 Å². The molecule has 2 N–H and O–H groups in total. The summed E-state index contributed by atoms with van der Waals surface area (Å²) >= 11 is 0. The number of methoxy groups -OCH3 is 1. The zero-order valence-electron chi connectivity index (χ0n) is 10.8. The molecular formula is C14H20N3O+. The molecule has 0 radical (unpaired) electrons. The molecule has 0 saturated heterocycles. The fraction of sp³-hybridized carbons (Fsp3) is 0.429. The van der Waals surface area contributed by atoms with Gasteiger partial charge in [-0.2, -0.15) is 5.43 Å². The quantitative estimate of drug-likeness (QED) is 0.608. The first-order valence-corrected chi connectivity index (χ1v) is 6.42. The molecule has 0 atom stereocenters. The number of hydrogen-bond donors (Lipinski definition) is 2. The second kappa shape index (κ2) is 6.79. The fourth-order valence-electron chi connectivity index (χ4n) is 1.98. The molecule has 1 aromatic carbocycles. The second-order valence-electron chi connectivity index (χ2n) is 4.33. The lowest BCUT2D eigenvalue weighted by Gasteiger charge is -2.02. The van der Waals surface area contributed by atoms with Crippen LogP contribution in [-0.2, 0) is 0 Å². The second-order valence-corrected chi connectivity index (χ2v) is 4.33. The van der Waals surface area contributed by atoms with Crippen LogP contribution in [0, 0.1) is 0 Å². The van der Waals surface area contributed by atoms with Crippen LogP contribution in [0.3, 0.4) is 0 Å². The van der Waals surface area contributed by atoms with E-state index in [-0.39, 0.29) is 0 Å². The van der Waals surface area contributed by atoms with Gasteiger partial charge in [0.1, 0.15) is 5.75 Å². The standard InChI is InChI=1S/C14H19N3O/c1-18-13-8-5-4-7-12(13)11-16-17-14-9-3-2-6-10-15-14/h4-5,7-8,11H,2-3,6,9-10H2,1H3,(H,15,17)/p+1/b16-11+. The van der Waals surface area contributed by atoms with Crippen LogP contribution in [0.1, 0.15) is 31.2 Å². The first kappa shape index (κ1) is 12.6. The minimum Gasteiger partial charge on any atom is -0.496 e. The van der Waals surface area contributed by atoms with Gasteiger partial charge in [0.2, 0.25) is 0 Å². The predicted molar refractivity (Wildman–Crippen MR) is 73.0 cm³/mol. The molecule has 0 aliphatic carbocycles. The number of nitrogens with one attached hydrogen (secondary N) is 2. The summed E-state index contributed by atoms with van der Waals surface area (Å²) in [5.74, 6) is 1.94. The summed E-state index contributed by atoms with van der Waals surface area (Å²) in [4.78, 5) is 3.36. The number of amidine groups is 1. The van der Waals surface area contributed by atoms with E-state index in [2.05, 4.69) is 15.5 Å². The Kier molecular flexibility index (Phi) is 4.76. The lowest BCUT2D eigenvalue weighted by molar-refractivity contribution is -0.459. The highest BCUT2D eigenvalue weighted by Gasteiger charge is 2.08. The van der Waals surface area contributed by atoms with E-state index < -0.39 is 0 Å². The lowest BCUT2D eigenvalue weighted by atomic mass is 10.2. The van der Waals surface area contributed by atoms with Gasteiger partial charge in [-0.05, 0) is 31.4 Å². The van der Waals surface area contributed by atoms with E-state index in [0.717, 1.165) is 30.1 Å². The fourth-order valence-corrected chi connectivity index (χ4v) is 1.98. The molecule has 1 aliphatic rings. The Morgan fingerprint density at radius 1 is 1.28 bits per heavy atom. The van der Waals surface area contributed by atoms with E-state index in [1.165, 1.54) is 19.3 Å². The van der Waals surface area contributed by atoms with Crippen LogP contribution in [0.2, 0.25) is 0 Å². The highest BCUT2D eigenvalue weighted by atomic mass is 16.5. The smallest absolute Gasteiger partial charge is 0.267 e. The van der Waals surface area contributed by atoms with Crippen molar-refractivity contribution in [1.82, 2.24) is 5.43 Å². The van der Waals surface area contributed by atoms with Crippen molar-refractivity contribution in [3.8, 4) is 5.75 Å². The SMILES string of the molecule is COc1ccccc1/C=N/NC1=[NH+]CCCCC1. The van der Waals surface area contributed by atoms with E-state index in [1.54, 1.807) is 13.3 Å². The van der Waals surface area contributed by atoms with Crippen molar-refractivity contribution in [1.29, 1.82) is 0 Å². The van der Waals surface area contributed by atoms with Crippen LogP contribution in [0.25, 0.3) is 0 Å². The van der Waals surface area contributed by atoms with Crippen LogP contribution in [0.5, 0.6) is 5.75 Å². The van der Waals surface area contributed by atoms with Crippen molar-refractivity contribution >= 4 is 12.1 Å². The van der Waals surface area contributed by atoms with Crippen molar-refractivity contribution in [2.45, 2.75) is 25.7 Å². The number of nitrogens with zero attached hydrogens (tertiary/aromatic N) is 1. The lowest BCUT2D eigenvalue weighted by Crippen LogP contribution is -2.75. The van der Waals surface area contributed by atoms with Crippen molar-refractivity contribution in [2.75, 3.05) is 13.7 Å². The average molecular weight is 246 g/mol. The largest absolute Gasteiger partial charge is 0.496 e. The monoisotopic (exact) mass is 246 g/mol. The van der Waals surface area contributed by atoms with E-state index in [4.69, 9.17) is 4.74 Å². The Balaban J connectivity index is 1.96. The van der Waals surface area contributed by atoms with Crippen LogP contribution in [0.4, 0.5) is 0 Å². The van der Waals surface area contributed by atoms with Crippen molar-refractivity contribution < 1.29 is 9.73 Å². The molecule has 0 unspecified atom stereocenters. The molecule has 2 rings (SSSR count). The summed E-state index contributed by atoms with van der Waals surface area (Å²) in [7, 11) is 1.67. The number of ether oxygens (including phenoxy) is 1. The van der Waals surface area contributed by atoms with Gasteiger partial charge in [0, 0.05) is 5.56 Å². The molecule has 0 spiro atoms. The van der Waals surface area contributed by atoms with Crippen molar-refractivity contribution in [3.63, 3.8) is 0 Å². The maximum absolute atomic E-state index is 5.27. The van der Waals surface area contributed by atoms with E-state index in [9.17, 15) is 0 Å². The molecule has 0 saturated carbocycles. The van der Waals surface area contributed by atoms with E-state index in [1.807, 2.05) is 24.3 Å². The van der Waals surface area contributed by atoms with Crippen LogP contribution < -0.4 is 15.2 Å². The number of rotatable bonds is 3.